The van der Waals surface area contributed by atoms with E-state index in [1.54, 1.807) is 4.90 Å². The monoisotopic (exact) mass is 254 g/mol. The molecule has 2 aliphatic heterocycles. The third kappa shape index (κ3) is 1.81. The number of hydrogen-bond acceptors (Lipinski definition) is 3. The molecule has 0 bridgehead atoms. The molecule has 0 aromatic carbocycles. The largest absolute Gasteiger partial charge is 0.479 e. The minimum atomic E-state index is -0.999. The van der Waals surface area contributed by atoms with E-state index in [1.165, 1.54) is 6.92 Å². The van der Waals surface area contributed by atoms with Gasteiger partial charge in [0.15, 0.2) is 5.54 Å². The van der Waals surface area contributed by atoms with Gasteiger partial charge in [-0.3, -0.25) is 9.69 Å². The number of rotatable bonds is 3. The van der Waals surface area contributed by atoms with Gasteiger partial charge in [0.05, 0.1) is 0 Å². The van der Waals surface area contributed by atoms with Crippen LogP contribution < -0.4 is 0 Å². The van der Waals surface area contributed by atoms with Crippen molar-refractivity contribution >= 4 is 11.9 Å². The van der Waals surface area contributed by atoms with Gasteiger partial charge in [0, 0.05) is 26.1 Å². The van der Waals surface area contributed by atoms with Gasteiger partial charge in [-0.1, -0.05) is 6.42 Å². The average molecular weight is 254 g/mol. The number of amides is 1. The molecule has 2 rings (SSSR count). The first kappa shape index (κ1) is 13.3. The Morgan fingerprint density at radius 2 is 2.11 bits per heavy atom. The lowest BCUT2D eigenvalue weighted by Crippen LogP contribution is -2.63. The first-order valence-electron chi connectivity index (χ1n) is 6.79. The Kier molecular flexibility index (Phi) is 3.61. The third-order valence-corrected chi connectivity index (χ3v) is 4.49. The second kappa shape index (κ2) is 4.88. The van der Waals surface area contributed by atoms with Crippen LogP contribution in [-0.2, 0) is 9.59 Å². The van der Waals surface area contributed by atoms with Crippen LogP contribution in [0.5, 0.6) is 0 Å². The predicted molar refractivity (Wildman–Crippen MR) is 67.3 cm³/mol. The van der Waals surface area contributed by atoms with Gasteiger partial charge < -0.3 is 10.0 Å². The van der Waals surface area contributed by atoms with Crippen molar-refractivity contribution in [2.45, 2.75) is 51.1 Å². The summed E-state index contributed by atoms with van der Waals surface area (Å²) >= 11 is 0. The zero-order valence-corrected chi connectivity index (χ0v) is 11.2. The highest BCUT2D eigenvalue weighted by atomic mass is 16.4. The van der Waals surface area contributed by atoms with E-state index in [9.17, 15) is 14.7 Å². The number of carbonyl (C=O) groups excluding carboxylic acids is 1. The molecular weight excluding hydrogens is 232 g/mol. The summed E-state index contributed by atoms with van der Waals surface area (Å²) in [5.74, 6) is -0.971. The molecule has 5 nitrogen and oxygen atoms in total. The molecule has 0 aromatic heterocycles. The van der Waals surface area contributed by atoms with E-state index in [-0.39, 0.29) is 11.9 Å². The maximum absolute atomic E-state index is 11.9. The van der Waals surface area contributed by atoms with Crippen LogP contribution in [0.4, 0.5) is 0 Å². The number of carbonyl (C=O) groups is 2. The average Bonchev–Trinajstić information content (AvgIpc) is 2.71. The van der Waals surface area contributed by atoms with Crippen LogP contribution in [0.15, 0.2) is 0 Å². The Balaban J connectivity index is 2.38. The summed E-state index contributed by atoms with van der Waals surface area (Å²) in [6, 6.07) is -0.00685. The zero-order chi connectivity index (χ0) is 13.3. The standard InChI is InChI=1S/C13H22N2O3/c1-3-15(10(2)16)13(12(17)18)7-9-14-8-5-4-6-11(13)14/h11H,3-9H2,1-2H3,(H,17,18). The molecule has 0 radical (unpaired) electrons. The molecule has 1 N–H and O–H groups in total. The van der Waals surface area contributed by atoms with Crippen LogP contribution >= 0.6 is 0 Å². The van der Waals surface area contributed by atoms with Crippen molar-refractivity contribution in [3.05, 3.63) is 0 Å². The quantitative estimate of drug-likeness (QED) is 0.814. The van der Waals surface area contributed by atoms with Crippen molar-refractivity contribution in [3.8, 4) is 0 Å². The molecule has 5 heteroatoms. The summed E-state index contributed by atoms with van der Waals surface area (Å²) in [5, 5.41) is 9.73. The fourth-order valence-corrected chi connectivity index (χ4v) is 3.75. The molecule has 2 aliphatic rings. The van der Waals surface area contributed by atoms with Gasteiger partial charge in [-0.05, 0) is 32.7 Å². The molecule has 2 heterocycles. The molecule has 18 heavy (non-hydrogen) atoms. The zero-order valence-electron chi connectivity index (χ0n) is 11.2. The first-order chi connectivity index (χ1) is 8.54. The highest BCUT2D eigenvalue weighted by Gasteiger charge is 2.57. The second-order valence-corrected chi connectivity index (χ2v) is 5.29. The fourth-order valence-electron chi connectivity index (χ4n) is 3.75. The molecule has 102 valence electrons. The van der Waals surface area contributed by atoms with Crippen molar-refractivity contribution in [2.24, 2.45) is 0 Å². The molecule has 1 amide bonds. The molecule has 0 saturated carbocycles. The van der Waals surface area contributed by atoms with Crippen molar-refractivity contribution in [2.75, 3.05) is 19.6 Å². The first-order valence-corrected chi connectivity index (χ1v) is 6.79. The smallest absolute Gasteiger partial charge is 0.331 e. The topological polar surface area (TPSA) is 60.9 Å². The van der Waals surface area contributed by atoms with E-state index in [1.807, 2.05) is 6.92 Å². The SMILES string of the molecule is CCN(C(C)=O)C1(C(=O)O)CCN2CCCCC21. The fraction of sp³-hybridized carbons (Fsp3) is 0.846. The molecule has 0 aromatic rings. The number of likely N-dealkylation sites (N-methyl/N-ethyl adjacent to an activating group) is 1. The molecule has 2 fully saturated rings. The molecule has 2 unspecified atom stereocenters. The van der Waals surface area contributed by atoms with Gasteiger partial charge in [0.2, 0.25) is 5.91 Å². The van der Waals surface area contributed by atoms with E-state index in [0.717, 1.165) is 32.4 Å². The van der Waals surface area contributed by atoms with E-state index in [2.05, 4.69) is 4.90 Å². The Labute approximate surface area is 108 Å². The van der Waals surface area contributed by atoms with Crippen LogP contribution in [0, 0.1) is 0 Å². The second-order valence-electron chi connectivity index (χ2n) is 5.29. The summed E-state index contributed by atoms with van der Waals surface area (Å²) in [5.41, 5.74) is -0.999. The van der Waals surface area contributed by atoms with Crippen molar-refractivity contribution in [1.29, 1.82) is 0 Å². The van der Waals surface area contributed by atoms with Crippen LogP contribution in [0.3, 0.4) is 0 Å². The Bertz CT molecular complexity index is 358. The maximum atomic E-state index is 11.9. The molecule has 2 saturated heterocycles. The van der Waals surface area contributed by atoms with E-state index in [0.29, 0.717) is 13.0 Å². The van der Waals surface area contributed by atoms with Gasteiger partial charge in [-0.15, -0.1) is 0 Å². The molecule has 0 aliphatic carbocycles. The Hall–Kier alpha value is -1.10. The van der Waals surface area contributed by atoms with Crippen molar-refractivity contribution in [3.63, 3.8) is 0 Å². The van der Waals surface area contributed by atoms with Crippen LogP contribution in [0.25, 0.3) is 0 Å². The number of carboxylic acids is 1. The lowest BCUT2D eigenvalue weighted by molar-refractivity contribution is -0.161. The normalized spacial score (nSPS) is 32.0. The van der Waals surface area contributed by atoms with Crippen LogP contribution in [0.2, 0.25) is 0 Å². The minimum absolute atomic E-state index is 0.00685. The minimum Gasteiger partial charge on any atom is -0.479 e. The summed E-state index contributed by atoms with van der Waals surface area (Å²) < 4.78 is 0. The van der Waals surface area contributed by atoms with Gasteiger partial charge in [-0.2, -0.15) is 0 Å². The van der Waals surface area contributed by atoms with Crippen molar-refractivity contribution in [1.82, 2.24) is 9.80 Å². The van der Waals surface area contributed by atoms with E-state index < -0.39 is 11.5 Å². The van der Waals surface area contributed by atoms with Gasteiger partial charge in [0.25, 0.3) is 0 Å². The van der Waals surface area contributed by atoms with Crippen molar-refractivity contribution < 1.29 is 14.7 Å². The molecule has 0 spiro atoms. The number of nitrogens with zero attached hydrogens (tertiary/aromatic N) is 2. The van der Waals surface area contributed by atoms with Gasteiger partial charge in [0.1, 0.15) is 0 Å². The molecular formula is C13H22N2O3. The number of fused-ring (bicyclic) bond motifs is 1. The Morgan fingerprint density at radius 1 is 1.39 bits per heavy atom. The summed E-state index contributed by atoms with van der Waals surface area (Å²) in [4.78, 5) is 27.5. The lowest BCUT2D eigenvalue weighted by Gasteiger charge is -2.44. The van der Waals surface area contributed by atoms with E-state index in [4.69, 9.17) is 0 Å². The predicted octanol–water partition coefficient (Wildman–Crippen LogP) is 0.936. The van der Waals surface area contributed by atoms with Gasteiger partial charge >= 0.3 is 5.97 Å². The highest BCUT2D eigenvalue weighted by molar-refractivity contribution is 5.87. The highest BCUT2D eigenvalue weighted by Crippen LogP contribution is 2.39. The number of piperidine rings is 1. The summed E-state index contributed by atoms with van der Waals surface area (Å²) in [7, 11) is 0. The lowest BCUT2D eigenvalue weighted by atomic mass is 9.83. The number of hydrogen-bond donors (Lipinski definition) is 1. The van der Waals surface area contributed by atoms with Crippen LogP contribution in [0.1, 0.15) is 39.5 Å². The number of aliphatic carboxylic acids is 1. The summed E-state index contributed by atoms with van der Waals surface area (Å²) in [6.07, 6.45) is 3.64. The third-order valence-electron chi connectivity index (χ3n) is 4.49. The maximum Gasteiger partial charge on any atom is 0.331 e. The van der Waals surface area contributed by atoms with Crippen LogP contribution in [-0.4, -0.2) is 58.0 Å². The van der Waals surface area contributed by atoms with Gasteiger partial charge in [-0.25, -0.2) is 4.79 Å². The number of carboxylic acid groups (broad SMARTS) is 1. The summed E-state index contributed by atoms with van der Waals surface area (Å²) in [6.45, 7) is 5.55. The molecule has 2 atom stereocenters. The Morgan fingerprint density at radius 3 is 2.67 bits per heavy atom. The van der Waals surface area contributed by atoms with E-state index >= 15 is 0 Å².